The number of methoxy groups -OCH3 is 1. The lowest BCUT2D eigenvalue weighted by Crippen LogP contribution is -2.19. The van der Waals surface area contributed by atoms with Crippen molar-refractivity contribution in [1.82, 2.24) is 15.0 Å². The molecule has 52 heavy (non-hydrogen) atoms. The Hall–Kier alpha value is -6.94. The highest BCUT2D eigenvalue weighted by molar-refractivity contribution is 6.06. The Morgan fingerprint density at radius 2 is 1.15 bits per heavy atom. The fourth-order valence-electron chi connectivity index (χ4n) is 4.52. The lowest BCUT2D eigenvalue weighted by atomic mass is 10.2. The molecule has 3 heterocycles. The Labute approximate surface area is 297 Å². The van der Waals surface area contributed by atoms with E-state index in [9.17, 15) is 24.5 Å². The van der Waals surface area contributed by atoms with E-state index in [1.165, 1.54) is 37.4 Å². The van der Waals surface area contributed by atoms with Crippen LogP contribution in [-0.2, 0) is 18.0 Å². The molecule has 2 amide bonds. The van der Waals surface area contributed by atoms with E-state index in [0.717, 1.165) is 17.2 Å². The minimum Gasteiger partial charge on any atom is -0.476 e. The first-order chi connectivity index (χ1) is 25.2. The van der Waals surface area contributed by atoms with Crippen LogP contribution in [0, 0.1) is 10.1 Å². The highest BCUT2D eigenvalue weighted by Gasteiger charge is 2.23. The summed E-state index contributed by atoms with van der Waals surface area (Å²) >= 11 is 0. The molecule has 5 aromatic rings. The summed E-state index contributed by atoms with van der Waals surface area (Å²) in [6.07, 6.45) is 0.492. The Morgan fingerprint density at radius 1 is 0.673 bits per heavy atom. The summed E-state index contributed by atoms with van der Waals surface area (Å²) in [5.74, 6) is -2.61. The number of aromatic nitrogens is 3. The van der Waals surface area contributed by atoms with Gasteiger partial charge < -0.3 is 35.3 Å². The number of amides is 2. The van der Waals surface area contributed by atoms with Crippen LogP contribution < -0.4 is 30.6 Å². The van der Waals surface area contributed by atoms with Crippen LogP contribution in [0.5, 0.6) is 17.6 Å². The zero-order valence-corrected chi connectivity index (χ0v) is 27.8. The minimum absolute atomic E-state index is 0.0164. The first-order valence-corrected chi connectivity index (χ1v) is 15.8. The van der Waals surface area contributed by atoms with Crippen molar-refractivity contribution in [3.8, 4) is 17.6 Å². The fourth-order valence-corrected chi connectivity index (χ4v) is 4.52. The molecule has 16 heteroatoms. The zero-order valence-electron chi connectivity index (χ0n) is 27.8. The highest BCUT2D eigenvalue weighted by Crippen LogP contribution is 2.29. The normalized spacial score (nSPS) is 10.5. The average Bonchev–Trinajstić information content (AvgIpc) is 3.17. The summed E-state index contributed by atoms with van der Waals surface area (Å²) < 4.78 is 22.0. The van der Waals surface area contributed by atoms with Gasteiger partial charge in [-0.3, -0.25) is 19.7 Å². The van der Waals surface area contributed by atoms with Crippen LogP contribution in [0.4, 0.5) is 17.1 Å². The maximum atomic E-state index is 13.5. The van der Waals surface area contributed by atoms with Crippen LogP contribution in [0.3, 0.4) is 0 Å². The number of nitrogens with one attached hydrogen (secondary N) is 2. The molecular formula is C36H33N7O9. The topological polar surface area (TPSA) is 220 Å². The van der Waals surface area contributed by atoms with Gasteiger partial charge in [-0.05, 0) is 54.4 Å². The van der Waals surface area contributed by atoms with Gasteiger partial charge in [-0.2, -0.15) is 0 Å². The molecule has 0 aliphatic rings. The Kier molecular flexibility index (Phi) is 12.3. The third-order valence-electron chi connectivity index (χ3n) is 7.14. The van der Waals surface area contributed by atoms with E-state index in [4.69, 9.17) is 24.7 Å². The van der Waals surface area contributed by atoms with E-state index >= 15 is 0 Å². The maximum Gasteiger partial charge on any atom is 0.356 e. The molecular weight excluding hydrogens is 674 g/mol. The van der Waals surface area contributed by atoms with Gasteiger partial charge in [0.05, 0.1) is 18.6 Å². The highest BCUT2D eigenvalue weighted by atomic mass is 16.6. The number of carbonyl (C=O) groups is 3. The molecule has 266 valence electrons. The Bertz CT molecular complexity index is 2050. The van der Waals surface area contributed by atoms with Crippen molar-refractivity contribution in [2.24, 2.45) is 5.73 Å². The molecule has 0 unspecified atom stereocenters. The maximum absolute atomic E-state index is 13.5. The molecule has 16 nitrogen and oxygen atoms in total. The van der Waals surface area contributed by atoms with Crippen LogP contribution >= 0.6 is 0 Å². The standard InChI is InChI=1S/C36H33N7O9/c1-49-36(46)29-16-15-27(33(42-29)50-20-8-19-37)38-31(44)25-13-14-28(34(40-25)51-21-23-9-4-2-5-10-23)39-32(45)26-17-18-30(43(47)48)35(41-26)52-22-24-11-6-3-7-12-24/h2-7,9-18H,8,19-22,37H2,1H3,(H,38,44)(H,39,45). The van der Waals surface area contributed by atoms with Crippen LogP contribution in [0.1, 0.15) is 49.0 Å². The number of nitrogens with zero attached hydrogens (tertiary/aromatic N) is 4. The number of ether oxygens (including phenoxy) is 4. The van der Waals surface area contributed by atoms with E-state index in [2.05, 4.69) is 25.6 Å². The predicted octanol–water partition coefficient (Wildman–Crippen LogP) is 4.96. The molecule has 2 aromatic carbocycles. The lowest BCUT2D eigenvalue weighted by Gasteiger charge is -2.15. The molecule has 5 rings (SSSR count). The van der Waals surface area contributed by atoms with Crippen molar-refractivity contribution in [1.29, 1.82) is 0 Å². The molecule has 0 aliphatic heterocycles. The Balaban J connectivity index is 1.40. The van der Waals surface area contributed by atoms with Crippen molar-refractivity contribution in [3.63, 3.8) is 0 Å². The minimum atomic E-state index is -0.751. The van der Waals surface area contributed by atoms with E-state index in [1.54, 1.807) is 24.3 Å². The van der Waals surface area contributed by atoms with Crippen molar-refractivity contribution in [3.05, 3.63) is 135 Å². The number of hydrogen-bond donors (Lipinski definition) is 3. The van der Waals surface area contributed by atoms with Gasteiger partial charge in [0.1, 0.15) is 36.0 Å². The summed E-state index contributed by atoms with van der Waals surface area (Å²) in [6, 6.07) is 26.0. The largest absolute Gasteiger partial charge is 0.476 e. The summed E-state index contributed by atoms with van der Waals surface area (Å²) in [5.41, 5.74) is 6.59. The quantitative estimate of drug-likeness (QED) is 0.0535. The lowest BCUT2D eigenvalue weighted by molar-refractivity contribution is -0.386. The SMILES string of the molecule is COC(=O)c1ccc(NC(=O)c2ccc(NC(=O)c3ccc([N+](=O)[O-])c(OCc4ccccc4)n3)c(OCc3ccccc3)n2)c(OCCCN)n1. The number of rotatable bonds is 16. The van der Waals surface area contributed by atoms with Gasteiger partial charge in [-0.1, -0.05) is 60.7 Å². The third kappa shape index (κ3) is 9.60. The van der Waals surface area contributed by atoms with Crippen LogP contribution in [0.25, 0.3) is 0 Å². The number of benzene rings is 2. The summed E-state index contributed by atoms with van der Waals surface area (Å²) in [5, 5.41) is 17.0. The van der Waals surface area contributed by atoms with Gasteiger partial charge in [0.15, 0.2) is 5.69 Å². The van der Waals surface area contributed by atoms with Crippen molar-refractivity contribution in [2.75, 3.05) is 30.9 Å². The number of anilines is 2. The third-order valence-corrected chi connectivity index (χ3v) is 7.14. The molecule has 0 saturated heterocycles. The smallest absolute Gasteiger partial charge is 0.356 e. The number of nitrogens with two attached hydrogens (primary N) is 1. The average molecular weight is 708 g/mol. The predicted molar refractivity (Wildman–Crippen MR) is 187 cm³/mol. The number of carbonyl (C=O) groups excluding carboxylic acids is 3. The van der Waals surface area contributed by atoms with E-state index in [-0.39, 0.29) is 65.9 Å². The van der Waals surface area contributed by atoms with Gasteiger partial charge in [0.25, 0.3) is 17.7 Å². The van der Waals surface area contributed by atoms with Gasteiger partial charge >= 0.3 is 11.7 Å². The molecule has 0 bridgehead atoms. The van der Waals surface area contributed by atoms with Gasteiger partial charge in [0, 0.05) is 6.07 Å². The fraction of sp³-hybridized carbons (Fsp3) is 0.167. The Morgan fingerprint density at radius 3 is 1.69 bits per heavy atom. The molecule has 0 radical (unpaired) electrons. The molecule has 0 saturated carbocycles. The van der Waals surface area contributed by atoms with Crippen molar-refractivity contribution in [2.45, 2.75) is 19.6 Å². The monoisotopic (exact) mass is 707 g/mol. The first kappa shape index (κ1) is 36.3. The molecule has 0 aliphatic carbocycles. The van der Waals surface area contributed by atoms with Gasteiger partial charge in [-0.15, -0.1) is 0 Å². The second-order valence-corrected chi connectivity index (χ2v) is 10.8. The molecule has 0 fully saturated rings. The van der Waals surface area contributed by atoms with E-state index < -0.39 is 28.4 Å². The van der Waals surface area contributed by atoms with E-state index in [0.29, 0.717) is 13.0 Å². The summed E-state index contributed by atoms with van der Waals surface area (Å²) in [6.45, 7) is 0.538. The van der Waals surface area contributed by atoms with Crippen LogP contribution in [0.15, 0.2) is 97.1 Å². The van der Waals surface area contributed by atoms with Gasteiger partial charge in [-0.25, -0.2) is 19.7 Å². The molecule has 0 atom stereocenters. The van der Waals surface area contributed by atoms with Crippen LogP contribution in [-0.4, -0.2) is 57.9 Å². The number of esters is 1. The van der Waals surface area contributed by atoms with Crippen molar-refractivity contribution >= 4 is 34.8 Å². The summed E-state index contributed by atoms with van der Waals surface area (Å²) in [4.78, 5) is 62.6. The number of nitro groups is 1. The first-order valence-electron chi connectivity index (χ1n) is 15.8. The number of hydrogen-bond acceptors (Lipinski definition) is 13. The van der Waals surface area contributed by atoms with E-state index in [1.807, 2.05) is 36.4 Å². The second kappa shape index (κ2) is 17.6. The molecule has 4 N–H and O–H groups in total. The number of pyridine rings is 3. The zero-order chi connectivity index (χ0) is 36.9. The summed E-state index contributed by atoms with van der Waals surface area (Å²) in [7, 11) is 1.21. The second-order valence-electron chi connectivity index (χ2n) is 10.8. The van der Waals surface area contributed by atoms with Gasteiger partial charge in [0.2, 0.25) is 11.8 Å². The molecule has 3 aromatic heterocycles. The van der Waals surface area contributed by atoms with Crippen molar-refractivity contribution < 1.29 is 38.3 Å². The van der Waals surface area contributed by atoms with Crippen LogP contribution in [0.2, 0.25) is 0 Å². The molecule has 0 spiro atoms.